The van der Waals surface area contributed by atoms with E-state index in [-0.39, 0.29) is 0 Å². The van der Waals surface area contributed by atoms with Gasteiger partial charge in [-0.25, -0.2) is 0 Å². The van der Waals surface area contributed by atoms with Crippen LogP contribution in [0.4, 0.5) is 0 Å². The predicted octanol–water partition coefficient (Wildman–Crippen LogP) is 1.18. The van der Waals surface area contributed by atoms with E-state index in [9.17, 15) is 0 Å². The molecular formula is C8H16O2. The average Bonchev–Trinajstić information content (AvgIpc) is 1.86. The zero-order chi connectivity index (χ0) is 7.40. The summed E-state index contributed by atoms with van der Waals surface area (Å²) in [5.41, 5.74) is 0. The van der Waals surface area contributed by atoms with E-state index in [1.165, 1.54) is 19.3 Å². The third-order valence-electron chi connectivity index (χ3n) is 2.30. The molecule has 1 fully saturated rings. The van der Waals surface area contributed by atoms with E-state index >= 15 is 0 Å². The lowest BCUT2D eigenvalue weighted by atomic mass is 9.79. The Bertz CT molecular complexity index is 84.5. The van der Waals surface area contributed by atoms with E-state index in [1.54, 1.807) is 7.11 Å². The molecule has 1 N–H and O–H groups in total. The van der Waals surface area contributed by atoms with Crippen LogP contribution in [0.25, 0.3) is 0 Å². The van der Waals surface area contributed by atoms with Crippen LogP contribution < -0.4 is 0 Å². The first kappa shape index (κ1) is 8.02. The van der Waals surface area contributed by atoms with Crippen molar-refractivity contribution in [1.29, 1.82) is 0 Å². The summed E-state index contributed by atoms with van der Waals surface area (Å²) in [6.45, 7) is 0.341. The summed E-state index contributed by atoms with van der Waals surface area (Å²) in [6.07, 6.45) is 5.06. The van der Waals surface area contributed by atoms with Gasteiger partial charge in [-0.3, -0.25) is 0 Å². The molecule has 60 valence electrons. The quantitative estimate of drug-likeness (QED) is 0.642. The van der Waals surface area contributed by atoms with Gasteiger partial charge in [0.1, 0.15) is 0 Å². The molecule has 2 nitrogen and oxygen atoms in total. The lowest BCUT2D eigenvalue weighted by molar-refractivity contribution is -0.00335. The van der Waals surface area contributed by atoms with Gasteiger partial charge in [0.15, 0.2) is 0 Å². The summed E-state index contributed by atoms with van der Waals surface area (Å²) >= 11 is 0. The molecule has 0 bridgehead atoms. The molecule has 0 aromatic heterocycles. The maximum atomic E-state index is 8.53. The molecule has 0 unspecified atom stereocenters. The third-order valence-corrected chi connectivity index (χ3v) is 2.30. The highest BCUT2D eigenvalue weighted by Crippen LogP contribution is 2.32. The topological polar surface area (TPSA) is 29.5 Å². The SMILES string of the molecule is COC1CC(CCCO)C1. The van der Waals surface area contributed by atoms with Crippen LogP contribution in [-0.2, 0) is 4.74 Å². The number of methoxy groups -OCH3 is 1. The number of hydrogen-bond acceptors (Lipinski definition) is 2. The molecule has 0 aromatic rings. The van der Waals surface area contributed by atoms with Gasteiger partial charge in [-0.2, -0.15) is 0 Å². The number of aliphatic hydroxyl groups is 1. The first-order valence-corrected chi connectivity index (χ1v) is 4.00. The second kappa shape index (κ2) is 3.94. The summed E-state index contributed by atoms with van der Waals surface area (Å²) in [5.74, 6) is 0.831. The van der Waals surface area contributed by atoms with E-state index < -0.39 is 0 Å². The Morgan fingerprint density at radius 3 is 2.70 bits per heavy atom. The maximum Gasteiger partial charge on any atom is 0.0576 e. The van der Waals surface area contributed by atoms with Gasteiger partial charge in [0.2, 0.25) is 0 Å². The van der Waals surface area contributed by atoms with Crippen LogP contribution in [0.15, 0.2) is 0 Å². The molecular weight excluding hydrogens is 128 g/mol. The van der Waals surface area contributed by atoms with Gasteiger partial charge in [-0.05, 0) is 31.6 Å². The molecule has 0 saturated heterocycles. The second-order valence-corrected chi connectivity index (χ2v) is 3.06. The zero-order valence-electron chi connectivity index (χ0n) is 6.55. The number of aliphatic hydroxyl groups excluding tert-OH is 1. The van der Waals surface area contributed by atoms with Crippen molar-refractivity contribution in [3.05, 3.63) is 0 Å². The molecule has 1 aliphatic carbocycles. The van der Waals surface area contributed by atoms with E-state index in [0.717, 1.165) is 12.3 Å². The van der Waals surface area contributed by atoms with Crippen molar-refractivity contribution in [1.82, 2.24) is 0 Å². The molecule has 10 heavy (non-hydrogen) atoms. The van der Waals surface area contributed by atoms with Crippen LogP contribution in [0, 0.1) is 5.92 Å². The Balaban J connectivity index is 1.93. The fourth-order valence-electron chi connectivity index (χ4n) is 1.48. The first-order chi connectivity index (χ1) is 4.86. The van der Waals surface area contributed by atoms with Crippen LogP contribution in [0.3, 0.4) is 0 Å². The number of ether oxygens (including phenoxy) is 1. The molecule has 1 rings (SSSR count). The molecule has 0 atom stereocenters. The fourth-order valence-corrected chi connectivity index (χ4v) is 1.48. The van der Waals surface area contributed by atoms with Crippen molar-refractivity contribution in [2.24, 2.45) is 5.92 Å². The van der Waals surface area contributed by atoms with Crippen molar-refractivity contribution in [2.75, 3.05) is 13.7 Å². The number of rotatable bonds is 4. The molecule has 0 aliphatic heterocycles. The largest absolute Gasteiger partial charge is 0.396 e. The molecule has 1 saturated carbocycles. The molecule has 0 heterocycles. The van der Waals surface area contributed by atoms with E-state index in [1.807, 2.05) is 0 Å². The summed E-state index contributed by atoms with van der Waals surface area (Å²) in [6, 6.07) is 0. The predicted molar refractivity (Wildman–Crippen MR) is 39.8 cm³/mol. The van der Waals surface area contributed by atoms with Crippen molar-refractivity contribution in [3.8, 4) is 0 Å². The van der Waals surface area contributed by atoms with Crippen molar-refractivity contribution >= 4 is 0 Å². The highest BCUT2D eigenvalue weighted by Gasteiger charge is 2.27. The molecule has 0 amide bonds. The summed E-state index contributed by atoms with van der Waals surface area (Å²) in [5, 5.41) is 8.53. The normalized spacial score (nSPS) is 31.8. The Labute approximate surface area is 62.2 Å². The van der Waals surface area contributed by atoms with Crippen LogP contribution >= 0.6 is 0 Å². The molecule has 0 radical (unpaired) electrons. The Morgan fingerprint density at radius 2 is 2.20 bits per heavy atom. The highest BCUT2D eigenvalue weighted by molar-refractivity contribution is 4.79. The molecule has 0 spiro atoms. The lowest BCUT2D eigenvalue weighted by Gasteiger charge is -2.33. The minimum absolute atomic E-state index is 0.341. The van der Waals surface area contributed by atoms with Crippen LogP contribution in [-0.4, -0.2) is 24.9 Å². The molecule has 0 aromatic carbocycles. The molecule has 2 heteroatoms. The minimum Gasteiger partial charge on any atom is -0.396 e. The summed E-state index contributed by atoms with van der Waals surface area (Å²) < 4.78 is 5.13. The van der Waals surface area contributed by atoms with Crippen molar-refractivity contribution in [2.45, 2.75) is 31.8 Å². The number of hydrogen-bond donors (Lipinski definition) is 1. The summed E-state index contributed by atoms with van der Waals surface area (Å²) in [7, 11) is 1.77. The van der Waals surface area contributed by atoms with Gasteiger partial charge < -0.3 is 9.84 Å². The lowest BCUT2D eigenvalue weighted by Crippen LogP contribution is -2.30. The standard InChI is InChI=1S/C8H16O2/c1-10-8-5-7(6-8)3-2-4-9/h7-9H,2-6H2,1H3. The zero-order valence-corrected chi connectivity index (χ0v) is 6.55. The van der Waals surface area contributed by atoms with Crippen LogP contribution in [0.1, 0.15) is 25.7 Å². The van der Waals surface area contributed by atoms with E-state index in [4.69, 9.17) is 9.84 Å². The Hall–Kier alpha value is -0.0800. The highest BCUT2D eigenvalue weighted by atomic mass is 16.5. The van der Waals surface area contributed by atoms with Gasteiger partial charge in [0.25, 0.3) is 0 Å². The Morgan fingerprint density at radius 1 is 1.50 bits per heavy atom. The minimum atomic E-state index is 0.341. The molecule has 1 aliphatic rings. The maximum absolute atomic E-state index is 8.53. The van der Waals surface area contributed by atoms with Gasteiger partial charge in [-0.1, -0.05) is 0 Å². The first-order valence-electron chi connectivity index (χ1n) is 4.00. The third kappa shape index (κ3) is 1.96. The smallest absolute Gasteiger partial charge is 0.0576 e. The monoisotopic (exact) mass is 144 g/mol. The Kier molecular flexibility index (Phi) is 3.16. The van der Waals surface area contributed by atoms with E-state index in [2.05, 4.69) is 0 Å². The van der Waals surface area contributed by atoms with Gasteiger partial charge in [0.05, 0.1) is 6.10 Å². The second-order valence-electron chi connectivity index (χ2n) is 3.06. The fraction of sp³-hybridized carbons (Fsp3) is 1.00. The van der Waals surface area contributed by atoms with Gasteiger partial charge in [-0.15, -0.1) is 0 Å². The van der Waals surface area contributed by atoms with Crippen LogP contribution in [0.5, 0.6) is 0 Å². The van der Waals surface area contributed by atoms with Crippen LogP contribution in [0.2, 0.25) is 0 Å². The summed E-state index contributed by atoms with van der Waals surface area (Å²) in [4.78, 5) is 0. The average molecular weight is 144 g/mol. The van der Waals surface area contributed by atoms with Crippen molar-refractivity contribution < 1.29 is 9.84 Å². The van der Waals surface area contributed by atoms with Gasteiger partial charge >= 0.3 is 0 Å². The van der Waals surface area contributed by atoms with Crippen molar-refractivity contribution in [3.63, 3.8) is 0 Å². The van der Waals surface area contributed by atoms with E-state index in [0.29, 0.717) is 12.7 Å². The van der Waals surface area contributed by atoms with Gasteiger partial charge in [0, 0.05) is 13.7 Å².